The molecule has 1 aliphatic rings. The molecule has 0 saturated carbocycles. The van der Waals surface area contributed by atoms with Gasteiger partial charge in [0.15, 0.2) is 0 Å². The van der Waals surface area contributed by atoms with E-state index in [9.17, 15) is 9.59 Å². The van der Waals surface area contributed by atoms with E-state index >= 15 is 0 Å². The van der Waals surface area contributed by atoms with Crippen molar-refractivity contribution in [2.75, 3.05) is 27.2 Å². The fourth-order valence-electron chi connectivity index (χ4n) is 2.40. The number of benzene rings is 2. The molecule has 0 bridgehead atoms. The van der Waals surface area contributed by atoms with Crippen molar-refractivity contribution in [2.24, 2.45) is 0 Å². The second kappa shape index (κ2) is 8.21. The summed E-state index contributed by atoms with van der Waals surface area (Å²) in [7, 11) is 3.82. The molecule has 1 saturated heterocycles. The van der Waals surface area contributed by atoms with Gasteiger partial charge in [-0.05, 0) is 61.8 Å². The average molecular weight is 368 g/mol. The number of likely N-dealkylation sites (N-methyl/N-ethyl adjacent to an activating group) is 1. The van der Waals surface area contributed by atoms with Crippen LogP contribution in [0.5, 0.6) is 11.5 Å². The first-order chi connectivity index (χ1) is 12.5. The van der Waals surface area contributed by atoms with Crippen LogP contribution in [0.4, 0.5) is 4.79 Å². The molecule has 0 aromatic heterocycles. The summed E-state index contributed by atoms with van der Waals surface area (Å²) in [5.41, 5.74) is 0.850. The Kier molecular flexibility index (Phi) is 5.75. The molecule has 2 amide bonds. The molecule has 0 spiro atoms. The quantitative estimate of drug-likeness (QED) is 0.719. The average Bonchev–Trinajstić information content (AvgIpc) is 2.89. The molecular weight excluding hydrogens is 348 g/mol. The molecule has 3 rings (SSSR count). The van der Waals surface area contributed by atoms with Crippen LogP contribution in [0.3, 0.4) is 0 Å². The molecule has 2 aromatic rings. The summed E-state index contributed by atoms with van der Waals surface area (Å²) in [6.07, 6.45) is 1.74. The Balaban J connectivity index is 1.68. The van der Waals surface area contributed by atoms with Crippen molar-refractivity contribution in [3.8, 4) is 11.5 Å². The number of ether oxygens (including phenoxy) is 1. The Hall–Kier alpha value is -2.57. The summed E-state index contributed by atoms with van der Waals surface area (Å²) in [5, 5.41) is -0.216. The number of thioether (sulfide) groups is 1. The number of hydrogen-bond donors (Lipinski definition) is 0. The summed E-state index contributed by atoms with van der Waals surface area (Å²) in [6.45, 7) is 1.05. The number of nitrogens with zero attached hydrogens (tertiary/aromatic N) is 2. The molecule has 0 aliphatic carbocycles. The summed E-state index contributed by atoms with van der Waals surface area (Å²) in [5.74, 6) is 1.25. The normalized spacial score (nSPS) is 16.0. The van der Waals surface area contributed by atoms with E-state index in [-0.39, 0.29) is 11.1 Å². The minimum Gasteiger partial charge on any atom is -0.457 e. The van der Waals surface area contributed by atoms with Gasteiger partial charge in [0, 0.05) is 13.1 Å². The van der Waals surface area contributed by atoms with Crippen LogP contribution in [-0.2, 0) is 4.79 Å². The smallest absolute Gasteiger partial charge is 0.293 e. The maximum Gasteiger partial charge on any atom is 0.293 e. The first kappa shape index (κ1) is 18.2. The molecule has 1 heterocycles. The third kappa shape index (κ3) is 4.53. The van der Waals surface area contributed by atoms with Crippen molar-refractivity contribution in [1.82, 2.24) is 9.80 Å². The zero-order valence-electron chi connectivity index (χ0n) is 14.7. The fraction of sp³-hybridized carbons (Fsp3) is 0.200. The number of rotatable bonds is 6. The number of carbonyl (C=O) groups is 2. The Morgan fingerprint density at radius 2 is 1.65 bits per heavy atom. The molecule has 1 fully saturated rings. The molecule has 0 radical (unpaired) electrons. The molecule has 2 aromatic carbocycles. The summed E-state index contributed by atoms with van der Waals surface area (Å²) >= 11 is 0.984. The van der Waals surface area contributed by atoms with E-state index in [0.29, 0.717) is 23.7 Å². The minimum absolute atomic E-state index is 0.216. The van der Waals surface area contributed by atoms with Crippen LogP contribution in [0.25, 0.3) is 6.08 Å². The van der Waals surface area contributed by atoms with Crippen molar-refractivity contribution in [3.63, 3.8) is 0 Å². The number of amides is 2. The topological polar surface area (TPSA) is 49.9 Å². The highest BCUT2D eigenvalue weighted by Crippen LogP contribution is 2.32. The van der Waals surface area contributed by atoms with E-state index in [1.54, 1.807) is 6.08 Å². The maximum absolute atomic E-state index is 12.4. The summed E-state index contributed by atoms with van der Waals surface area (Å²) in [4.78, 5) is 28.1. The standard InChI is InChI=1S/C20H20N2O3S/c1-21(2)12-13-22-19(23)18(26-20(22)24)14-15-8-10-17(11-9-15)25-16-6-4-3-5-7-16/h3-11,14H,12-13H2,1-2H3/b18-14-. The largest absolute Gasteiger partial charge is 0.457 e. The number of hydrogen-bond acceptors (Lipinski definition) is 5. The molecule has 0 unspecified atom stereocenters. The van der Waals surface area contributed by atoms with Gasteiger partial charge in [-0.25, -0.2) is 0 Å². The van der Waals surface area contributed by atoms with Gasteiger partial charge in [0.05, 0.1) is 4.91 Å². The van der Waals surface area contributed by atoms with Gasteiger partial charge in [0.2, 0.25) is 0 Å². The zero-order chi connectivity index (χ0) is 18.5. The molecule has 134 valence electrons. The molecule has 1 aliphatic heterocycles. The van der Waals surface area contributed by atoms with Crippen LogP contribution in [0.15, 0.2) is 59.5 Å². The zero-order valence-corrected chi connectivity index (χ0v) is 15.5. The van der Waals surface area contributed by atoms with Gasteiger partial charge in [-0.2, -0.15) is 0 Å². The van der Waals surface area contributed by atoms with Crippen LogP contribution < -0.4 is 4.74 Å². The number of carbonyl (C=O) groups excluding carboxylic acids is 2. The molecule has 0 atom stereocenters. The van der Waals surface area contributed by atoms with E-state index in [4.69, 9.17) is 4.74 Å². The van der Waals surface area contributed by atoms with Crippen LogP contribution in [0, 0.1) is 0 Å². The van der Waals surface area contributed by atoms with Gasteiger partial charge in [-0.3, -0.25) is 14.5 Å². The predicted molar refractivity (Wildman–Crippen MR) is 104 cm³/mol. The van der Waals surface area contributed by atoms with Gasteiger partial charge in [0.25, 0.3) is 11.1 Å². The summed E-state index contributed by atoms with van der Waals surface area (Å²) < 4.78 is 5.75. The lowest BCUT2D eigenvalue weighted by Crippen LogP contribution is -2.34. The van der Waals surface area contributed by atoms with E-state index < -0.39 is 0 Å². The lowest BCUT2D eigenvalue weighted by atomic mass is 10.2. The maximum atomic E-state index is 12.4. The summed E-state index contributed by atoms with van der Waals surface area (Å²) in [6, 6.07) is 16.9. The first-order valence-corrected chi connectivity index (χ1v) is 9.07. The van der Waals surface area contributed by atoms with E-state index in [1.165, 1.54) is 4.90 Å². The Morgan fingerprint density at radius 1 is 1.00 bits per heavy atom. The monoisotopic (exact) mass is 368 g/mol. The third-order valence-corrected chi connectivity index (χ3v) is 4.71. The third-order valence-electron chi connectivity index (χ3n) is 3.80. The van der Waals surface area contributed by atoms with Gasteiger partial charge in [-0.15, -0.1) is 0 Å². The first-order valence-electron chi connectivity index (χ1n) is 8.26. The van der Waals surface area contributed by atoms with Gasteiger partial charge in [0.1, 0.15) is 11.5 Å². The lowest BCUT2D eigenvalue weighted by molar-refractivity contribution is -0.122. The van der Waals surface area contributed by atoms with Gasteiger partial charge in [-0.1, -0.05) is 30.3 Å². The molecule has 0 N–H and O–H groups in total. The van der Waals surface area contributed by atoms with Gasteiger partial charge >= 0.3 is 0 Å². The number of para-hydroxylation sites is 1. The molecule has 5 nitrogen and oxygen atoms in total. The van der Waals surface area contributed by atoms with Crippen molar-refractivity contribution in [2.45, 2.75) is 0 Å². The van der Waals surface area contributed by atoms with Crippen molar-refractivity contribution < 1.29 is 14.3 Å². The molecule has 6 heteroatoms. The second-order valence-corrected chi connectivity index (χ2v) is 7.11. The SMILES string of the molecule is CN(C)CCN1C(=O)S/C(=C\c2ccc(Oc3ccccc3)cc2)C1=O. The van der Waals surface area contributed by atoms with Crippen molar-refractivity contribution >= 4 is 29.0 Å². The minimum atomic E-state index is -0.230. The lowest BCUT2D eigenvalue weighted by Gasteiger charge is -2.15. The highest BCUT2D eigenvalue weighted by Gasteiger charge is 2.34. The van der Waals surface area contributed by atoms with E-state index in [1.807, 2.05) is 73.6 Å². The fourth-order valence-corrected chi connectivity index (χ4v) is 3.27. The van der Waals surface area contributed by atoms with E-state index in [0.717, 1.165) is 23.1 Å². The van der Waals surface area contributed by atoms with Gasteiger partial charge < -0.3 is 9.64 Å². The second-order valence-electron chi connectivity index (χ2n) is 6.12. The Labute approximate surface area is 157 Å². The van der Waals surface area contributed by atoms with Crippen LogP contribution in [0.2, 0.25) is 0 Å². The van der Waals surface area contributed by atoms with Crippen molar-refractivity contribution in [3.05, 3.63) is 65.1 Å². The van der Waals surface area contributed by atoms with Crippen LogP contribution in [-0.4, -0.2) is 48.1 Å². The van der Waals surface area contributed by atoms with E-state index in [2.05, 4.69) is 0 Å². The highest BCUT2D eigenvalue weighted by atomic mass is 32.2. The molecular formula is C20H20N2O3S. The number of imide groups is 1. The highest BCUT2D eigenvalue weighted by molar-refractivity contribution is 8.18. The predicted octanol–water partition coefficient (Wildman–Crippen LogP) is 4.08. The molecule has 26 heavy (non-hydrogen) atoms. The van der Waals surface area contributed by atoms with Crippen molar-refractivity contribution in [1.29, 1.82) is 0 Å². The van der Waals surface area contributed by atoms with Crippen LogP contribution >= 0.6 is 11.8 Å². The Bertz CT molecular complexity index is 817. The van der Waals surface area contributed by atoms with Crippen LogP contribution in [0.1, 0.15) is 5.56 Å². The Morgan fingerprint density at radius 3 is 2.31 bits per heavy atom.